The van der Waals surface area contributed by atoms with Crippen LogP contribution in [0.3, 0.4) is 0 Å². The quantitative estimate of drug-likeness (QED) is 0.575. The lowest BCUT2D eigenvalue weighted by molar-refractivity contribution is -0.161. The predicted molar refractivity (Wildman–Crippen MR) is 95.4 cm³/mol. The molecule has 1 aromatic carbocycles. The zero-order valence-corrected chi connectivity index (χ0v) is 15.4. The molecule has 5 rings (SSSR count). The van der Waals surface area contributed by atoms with E-state index in [1.165, 1.54) is 13.5 Å². The highest BCUT2D eigenvalue weighted by molar-refractivity contribution is 5.98. The van der Waals surface area contributed by atoms with Gasteiger partial charge >= 0.3 is 5.97 Å². The third-order valence-corrected chi connectivity index (χ3v) is 6.55. The average molecular weight is 358 g/mol. The number of ether oxygens (including phenoxy) is 3. The lowest BCUT2D eigenvalue weighted by Crippen LogP contribution is -2.48. The Labute approximate surface area is 154 Å². The van der Waals surface area contributed by atoms with Gasteiger partial charge in [-0.25, -0.2) is 0 Å². The van der Waals surface area contributed by atoms with Crippen LogP contribution in [-0.4, -0.2) is 32.6 Å². The second-order valence-electron chi connectivity index (χ2n) is 8.06. The SMILES string of the molecule is COc1ccc(C(=O)COC(=O)C2C3CC4CC(C3)CC2C4)cc1OC. The molecule has 0 saturated heterocycles. The summed E-state index contributed by atoms with van der Waals surface area (Å²) in [5.74, 6) is 3.23. The van der Waals surface area contributed by atoms with Crippen molar-refractivity contribution in [2.24, 2.45) is 29.6 Å². The van der Waals surface area contributed by atoms with Crippen molar-refractivity contribution in [1.82, 2.24) is 0 Å². The minimum absolute atomic E-state index is 0.000929. The van der Waals surface area contributed by atoms with Gasteiger partial charge in [-0.3, -0.25) is 9.59 Å². The summed E-state index contributed by atoms with van der Waals surface area (Å²) >= 11 is 0. The summed E-state index contributed by atoms with van der Waals surface area (Å²) in [5.41, 5.74) is 0.459. The molecule has 0 aliphatic heterocycles. The average Bonchev–Trinajstić information content (AvgIpc) is 2.64. The summed E-state index contributed by atoms with van der Waals surface area (Å²) < 4.78 is 15.9. The van der Waals surface area contributed by atoms with Crippen molar-refractivity contribution in [3.8, 4) is 11.5 Å². The van der Waals surface area contributed by atoms with Gasteiger partial charge in [0, 0.05) is 5.56 Å². The fourth-order valence-corrected chi connectivity index (χ4v) is 5.64. The summed E-state index contributed by atoms with van der Waals surface area (Å²) in [6, 6.07) is 4.98. The highest BCUT2D eigenvalue weighted by atomic mass is 16.5. The Balaban J connectivity index is 1.38. The highest BCUT2D eigenvalue weighted by Gasteiger charge is 2.51. The van der Waals surface area contributed by atoms with Crippen LogP contribution in [0.4, 0.5) is 0 Å². The first kappa shape index (κ1) is 17.4. The fraction of sp³-hybridized carbons (Fsp3) is 0.619. The minimum atomic E-state index is -0.219. The van der Waals surface area contributed by atoms with Crippen LogP contribution in [0, 0.1) is 29.6 Å². The lowest BCUT2D eigenvalue weighted by Gasteiger charge is -2.53. The van der Waals surface area contributed by atoms with Crippen molar-refractivity contribution in [2.45, 2.75) is 32.1 Å². The van der Waals surface area contributed by atoms with Crippen LogP contribution in [0.1, 0.15) is 42.5 Å². The van der Waals surface area contributed by atoms with E-state index < -0.39 is 0 Å². The Morgan fingerprint density at radius 1 is 0.923 bits per heavy atom. The number of benzene rings is 1. The van der Waals surface area contributed by atoms with E-state index in [4.69, 9.17) is 14.2 Å². The van der Waals surface area contributed by atoms with Crippen molar-refractivity contribution >= 4 is 11.8 Å². The van der Waals surface area contributed by atoms with Gasteiger partial charge in [-0.15, -0.1) is 0 Å². The van der Waals surface area contributed by atoms with Gasteiger partial charge < -0.3 is 14.2 Å². The molecule has 26 heavy (non-hydrogen) atoms. The molecule has 0 spiro atoms. The van der Waals surface area contributed by atoms with Crippen LogP contribution in [0.2, 0.25) is 0 Å². The molecule has 5 nitrogen and oxygen atoms in total. The Morgan fingerprint density at radius 2 is 1.54 bits per heavy atom. The van der Waals surface area contributed by atoms with Gasteiger partial charge in [-0.1, -0.05) is 0 Å². The molecule has 0 unspecified atom stereocenters. The monoisotopic (exact) mass is 358 g/mol. The summed E-state index contributed by atoms with van der Waals surface area (Å²) in [6.45, 7) is -0.211. The molecule has 4 fully saturated rings. The fourth-order valence-electron chi connectivity index (χ4n) is 5.64. The first-order chi connectivity index (χ1) is 12.6. The maximum Gasteiger partial charge on any atom is 0.309 e. The number of methoxy groups -OCH3 is 2. The number of carbonyl (C=O) groups excluding carboxylic acids is 2. The van der Waals surface area contributed by atoms with E-state index in [9.17, 15) is 9.59 Å². The van der Waals surface area contributed by atoms with E-state index in [1.54, 1.807) is 25.3 Å². The normalized spacial score (nSPS) is 31.5. The summed E-state index contributed by atoms with van der Waals surface area (Å²) in [4.78, 5) is 25.1. The number of esters is 1. The van der Waals surface area contributed by atoms with E-state index in [0.29, 0.717) is 28.9 Å². The molecule has 4 aliphatic carbocycles. The van der Waals surface area contributed by atoms with Crippen LogP contribution >= 0.6 is 0 Å². The van der Waals surface area contributed by atoms with Gasteiger partial charge in [-0.05, 0) is 74.0 Å². The molecule has 0 atom stereocenters. The maximum absolute atomic E-state index is 12.7. The molecular formula is C21H26O5. The van der Waals surface area contributed by atoms with Crippen LogP contribution < -0.4 is 9.47 Å². The van der Waals surface area contributed by atoms with Crippen molar-refractivity contribution in [3.05, 3.63) is 23.8 Å². The molecule has 4 aliphatic rings. The van der Waals surface area contributed by atoms with Crippen molar-refractivity contribution in [2.75, 3.05) is 20.8 Å². The number of rotatable bonds is 6. The number of carbonyl (C=O) groups is 2. The van der Waals surface area contributed by atoms with E-state index >= 15 is 0 Å². The molecule has 0 amide bonds. The zero-order chi connectivity index (χ0) is 18.3. The van der Waals surface area contributed by atoms with Crippen molar-refractivity contribution in [1.29, 1.82) is 0 Å². The smallest absolute Gasteiger partial charge is 0.309 e. The Hall–Kier alpha value is -2.04. The predicted octanol–water partition coefficient (Wildman–Crippen LogP) is 3.50. The highest BCUT2D eigenvalue weighted by Crippen LogP contribution is 2.56. The van der Waals surface area contributed by atoms with Crippen molar-refractivity contribution in [3.63, 3.8) is 0 Å². The molecule has 0 heterocycles. The van der Waals surface area contributed by atoms with Crippen LogP contribution in [0.15, 0.2) is 18.2 Å². The standard InChI is InChI=1S/C21H26O5/c1-24-18-4-3-14(10-19(18)25-2)17(22)11-26-21(23)20-15-6-12-5-13(8-15)9-16(20)7-12/h3-4,10,12-13,15-16,20H,5-9,11H2,1-2H3. The molecule has 5 heteroatoms. The first-order valence-electron chi connectivity index (χ1n) is 9.51. The maximum atomic E-state index is 12.7. The third kappa shape index (κ3) is 3.08. The lowest BCUT2D eigenvalue weighted by atomic mass is 9.52. The van der Waals surface area contributed by atoms with Crippen LogP contribution in [0.5, 0.6) is 11.5 Å². The second kappa shape index (κ2) is 6.93. The number of hydrogen-bond acceptors (Lipinski definition) is 5. The third-order valence-electron chi connectivity index (χ3n) is 6.55. The Kier molecular flexibility index (Phi) is 4.63. The minimum Gasteiger partial charge on any atom is -0.493 e. The number of hydrogen-bond donors (Lipinski definition) is 0. The van der Waals surface area contributed by atoms with Gasteiger partial charge in [0.1, 0.15) is 0 Å². The van der Waals surface area contributed by atoms with E-state index in [2.05, 4.69) is 0 Å². The van der Waals surface area contributed by atoms with E-state index in [1.807, 2.05) is 0 Å². The molecule has 4 bridgehead atoms. The molecule has 1 aromatic rings. The van der Waals surface area contributed by atoms with E-state index in [-0.39, 0.29) is 24.3 Å². The molecular weight excluding hydrogens is 332 g/mol. The molecule has 140 valence electrons. The number of ketones is 1. The van der Waals surface area contributed by atoms with Crippen molar-refractivity contribution < 1.29 is 23.8 Å². The Bertz CT molecular complexity index is 682. The first-order valence-corrected chi connectivity index (χ1v) is 9.51. The zero-order valence-electron chi connectivity index (χ0n) is 15.4. The largest absolute Gasteiger partial charge is 0.493 e. The van der Waals surface area contributed by atoms with Gasteiger partial charge in [0.25, 0.3) is 0 Å². The molecule has 0 radical (unpaired) electrons. The topological polar surface area (TPSA) is 61.8 Å². The Morgan fingerprint density at radius 3 is 2.12 bits per heavy atom. The van der Waals surface area contributed by atoms with Gasteiger partial charge in [0.2, 0.25) is 0 Å². The van der Waals surface area contributed by atoms with Gasteiger partial charge in [0.05, 0.1) is 20.1 Å². The van der Waals surface area contributed by atoms with Gasteiger partial charge in [-0.2, -0.15) is 0 Å². The second-order valence-corrected chi connectivity index (χ2v) is 8.06. The number of Topliss-reactive ketones (excluding diaryl/α,β-unsaturated/α-hetero) is 1. The van der Waals surface area contributed by atoms with Crippen LogP contribution in [0.25, 0.3) is 0 Å². The molecule has 4 saturated carbocycles. The molecule has 0 aromatic heterocycles. The summed E-state index contributed by atoms with van der Waals surface area (Å²) in [5, 5.41) is 0. The van der Waals surface area contributed by atoms with Crippen LogP contribution in [-0.2, 0) is 9.53 Å². The summed E-state index contributed by atoms with van der Waals surface area (Å²) in [7, 11) is 3.07. The molecule has 0 N–H and O–H groups in total. The summed E-state index contributed by atoms with van der Waals surface area (Å²) in [6.07, 6.45) is 6.01. The van der Waals surface area contributed by atoms with E-state index in [0.717, 1.165) is 37.5 Å². The van der Waals surface area contributed by atoms with Gasteiger partial charge in [0.15, 0.2) is 23.9 Å².